The molecular weight excluding hydrogens is 272 g/mol. The van der Waals surface area contributed by atoms with E-state index < -0.39 is 5.60 Å². The molecule has 3 aliphatic rings. The first kappa shape index (κ1) is 16.0. The number of ether oxygens (including phenoxy) is 1. The molecule has 22 heavy (non-hydrogen) atoms. The van der Waals surface area contributed by atoms with E-state index in [1.54, 1.807) is 0 Å². The molecule has 2 saturated carbocycles. The van der Waals surface area contributed by atoms with Gasteiger partial charge in [-0.1, -0.05) is 37.8 Å². The zero-order valence-corrected chi connectivity index (χ0v) is 13.8. The second-order valence-corrected chi connectivity index (χ2v) is 7.54. The van der Waals surface area contributed by atoms with E-state index in [2.05, 4.69) is 13.2 Å². The molecule has 3 rings (SSSR count). The first-order chi connectivity index (χ1) is 10.7. The summed E-state index contributed by atoms with van der Waals surface area (Å²) >= 11 is 0. The van der Waals surface area contributed by atoms with E-state index in [1.165, 1.54) is 25.7 Å². The molecule has 0 N–H and O–H groups in total. The van der Waals surface area contributed by atoms with E-state index in [9.17, 15) is 4.79 Å². The number of hydrogen-bond donors (Lipinski definition) is 0. The van der Waals surface area contributed by atoms with Crippen LogP contribution in [0.2, 0.25) is 0 Å². The van der Waals surface area contributed by atoms with Gasteiger partial charge in [0.1, 0.15) is 5.60 Å². The van der Waals surface area contributed by atoms with Crippen LogP contribution in [0.5, 0.6) is 0 Å². The van der Waals surface area contributed by atoms with Crippen LogP contribution in [0, 0.1) is 11.8 Å². The first-order valence-corrected chi connectivity index (χ1v) is 9.15. The quantitative estimate of drug-likeness (QED) is 0.528. The summed E-state index contributed by atoms with van der Waals surface area (Å²) < 4.78 is 6.76. The Morgan fingerprint density at radius 1 is 1.00 bits per heavy atom. The van der Waals surface area contributed by atoms with Crippen molar-refractivity contribution in [3.8, 4) is 0 Å². The van der Waals surface area contributed by atoms with E-state index in [0.29, 0.717) is 18.1 Å². The Kier molecular flexibility index (Phi) is 4.59. The standard InChI is InChI=1S/C20H30O2/c1-3-13-19-15-9-12-17(19)18(21)20(22-19,14-4-2)16-10-7-5-6-8-11-16/h3-4,16-17H,1-2,5-15H2/t17?,19-,20+/m1/s1. The van der Waals surface area contributed by atoms with Gasteiger partial charge in [-0.2, -0.15) is 0 Å². The molecular formula is C20H30O2. The van der Waals surface area contributed by atoms with Crippen molar-refractivity contribution in [2.45, 2.75) is 81.8 Å². The van der Waals surface area contributed by atoms with Gasteiger partial charge in [0.15, 0.2) is 5.78 Å². The highest BCUT2D eigenvalue weighted by Crippen LogP contribution is 2.56. The van der Waals surface area contributed by atoms with Crippen LogP contribution in [0.3, 0.4) is 0 Å². The van der Waals surface area contributed by atoms with Gasteiger partial charge < -0.3 is 4.74 Å². The molecule has 0 aromatic rings. The van der Waals surface area contributed by atoms with Crippen molar-refractivity contribution in [3.05, 3.63) is 25.3 Å². The van der Waals surface area contributed by atoms with Gasteiger partial charge in [-0.15, -0.1) is 13.2 Å². The average Bonchev–Trinajstić information content (AvgIpc) is 2.84. The van der Waals surface area contributed by atoms with Crippen molar-refractivity contribution >= 4 is 5.78 Å². The number of Topliss-reactive ketones (excluding diaryl/α,β-unsaturated/α-hetero) is 1. The fraction of sp³-hybridized carbons (Fsp3) is 0.750. The van der Waals surface area contributed by atoms with Crippen LogP contribution in [0.4, 0.5) is 0 Å². The Morgan fingerprint density at radius 3 is 2.32 bits per heavy atom. The maximum atomic E-state index is 13.4. The third-order valence-electron chi connectivity index (χ3n) is 6.30. The highest BCUT2D eigenvalue weighted by atomic mass is 16.5. The second-order valence-electron chi connectivity index (χ2n) is 7.54. The lowest BCUT2D eigenvalue weighted by atomic mass is 9.74. The molecule has 0 aromatic heterocycles. The number of carbonyl (C=O) groups is 1. The summed E-state index contributed by atoms with van der Waals surface area (Å²) in [5.41, 5.74) is -0.839. The number of rotatable bonds is 5. The summed E-state index contributed by atoms with van der Waals surface area (Å²) in [6, 6.07) is 0. The van der Waals surface area contributed by atoms with Gasteiger partial charge in [0.2, 0.25) is 0 Å². The summed E-state index contributed by atoms with van der Waals surface area (Å²) in [5.74, 6) is 0.861. The molecule has 122 valence electrons. The Morgan fingerprint density at radius 2 is 1.68 bits per heavy atom. The molecule has 1 saturated heterocycles. The maximum Gasteiger partial charge on any atom is 0.171 e. The monoisotopic (exact) mass is 302 g/mol. The van der Waals surface area contributed by atoms with Crippen LogP contribution >= 0.6 is 0 Å². The summed E-state index contributed by atoms with van der Waals surface area (Å²) in [6.07, 6.45) is 15.8. The predicted octanol–water partition coefficient (Wildman–Crippen LogP) is 4.99. The van der Waals surface area contributed by atoms with E-state index in [1.807, 2.05) is 12.2 Å². The summed E-state index contributed by atoms with van der Waals surface area (Å²) in [4.78, 5) is 13.4. The minimum absolute atomic E-state index is 0.0914. The highest BCUT2D eigenvalue weighted by molar-refractivity contribution is 5.93. The molecule has 3 atom stereocenters. The number of hydrogen-bond acceptors (Lipinski definition) is 2. The largest absolute Gasteiger partial charge is 0.359 e. The third kappa shape index (κ3) is 2.40. The van der Waals surface area contributed by atoms with Gasteiger partial charge in [0.05, 0.1) is 11.5 Å². The van der Waals surface area contributed by atoms with Crippen LogP contribution in [0.25, 0.3) is 0 Å². The fourth-order valence-electron chi connectivity index (χ4n) is 5.33. The van der Waals surface area contributed by atoms with Crippen LogP contribution in [-0.4, -0.2) is 17.0 Å². The lowest BCUT2D eigenvalue weighted by molar-refractivity contribution is -0.154. The van der Waals surface area contributed by atoms with Crippen molar-refractivity contribution in [1.82, 2.24) is 0 Å². The number of fused-ring (bicyclic) bond motifs is 1. The molecule has 3 fully saturated rings. The van der Waals surface area contributed by atoms with Crippen molar-refractivity contribution < 1.29 is 9.53 Å². The second kappa shape index (κ2) is 6.31. The third-order valence-corrected chi connectivity index (χ3v) is 6.30. The molecule has 0 bridgehead atoms. The lowest BCUT2D eigenvalue weighted by Crippen LogP contribution is -2.45. The number of carbonyl (C=O) groups excluding carboxylic acids is 1. The molecule has 0 spiro atoms. The molecule has 2 heteroatoms. The summed E-state index contributed by atoms with van der Waals surface area (Å²) in [6.45, 7) is 7.85. The molecule has 0 amide bonds. The molecule has 1 heterocycles. The van der Waals surface area contributed by atoms with Crippen LogP contribution in [-0.2, 0) is 9.53 Å². The normalized spacial score (nSPS) is 39.5. The van der Waals surface area contributed by atoms with E-state index in [4.69, 9.17) is 4.74 Å². The Hall–Kier alpha value is -0.890. The minimum Gasteiger partial charge on any atom is -0.359 e. The zero-order valence-electron chi connectivity index (χ0n) is 13.8. The van der Waals surface area contributed by atoms with Crippen LogP contribution in [0.15, 0.2) is 25.3 Å². The van der Waals surface area contributed by atoms with E-state index in [0.717, 1.165) is 38.5 Å². The molecule has 2 aliphatic carbocycles. The fourth-order valence-corrected chi connectivity index (χ4v) is 5.33. The zero-order chi connectivity index (χ0) is 15.6. The van der Waals surface area contributed by atoms with Gasteiger partial charge in [0, 0.05) is 6.42 Å². The SMILES string of the molecule is C=CC[C@@]12CCCC1C(=O)[C@](CC=C)(C1CCCCCC1)O2. The Balaban J connectivity index is 1.94. The lowest BCUT2D eigenvalue weighted by Gasteiger charge is -2.38. The van der Waals surface area contributed by atoms with Crippen molar-refractivity contribution in [2.24, 2.45) is 11.8 Å². The molecule has 0 radical (unpaired) electrons. The van der Waals surface area contributed by atoms with Gasteiger partial charge in [-0.3, -0.25) is 4.79 Å². The van der Waals surface area contributed by atoms with Crippen molar-refractivity contribution in [3.63, 3.8) is 0 Å². The van der Waals surface area contributed by atoms with Crippen molar-refractivity contribution in [2.75, 3.05) is 0 Å². The van der Waals surface area contributed by atoms with Crippen molar-refractivity contribution in [1.29, 1.82) is 0 Å². The molecule has 0 aromatic carbocycles. The Bertz CT molecular complexity index is 447. The van der Waals surface area contributed by atoms with Gasteiger partial charge in [0.25, 0.3) is 0 Å². The average molecular weight is 302 g/mol. The topological polar surface area (TPSA) is 26.3 Å². The van der Waals surface area contributed by atoms with Gasteiger partial charge in [-0.05, 0) is 44.4 Å². The van der Waals surface area contributed by atoms with Crippen LogP contribution in [0.1, 0.15) is 70.6 Å². The smallest absolute Gasteiger partial charge is 0.171 e. The van der Waals surface area contributed by atoms with Gasteiger partial charge in [-0.25, -0.2) is 0 Å². The van der Waals surface area contributed by atoms with E-state index >= 15 is 0 Å². The summed E-state index contributed by atoms with van der Waals surface area (Å²) in [5, 5.41) is 0. The van der Waals surface area contributed by atoms with Crippen LogP contribution < -0.4 is 0 Å². The molecule has 1 aliphatic heterocycles. The summed E-state index contributed by atoms with van der Waals surface area (Å²) in [7, 11) is 0. The van der Waals surface area contributed by atoms with Gasteiger partial charge >= 0.3 is 0 Å². The first-order valence-electron chi connectivity index (χ1n) is 9.15. The minimum atomic E-state index is -0.583. The highest BCUT2D eigenvalue weighted by Gasteiger charge is 2.64. The van der Waals surface area contributed by atoms with E-state index in [-0.39, 0.29) is 11.5 Å². The molecule has 2 nitrogen and oxygen atoms in total. The predicted molar refractivity (Wildman–Crippen MR) is 89.7 cm³/mol. The Labute approximate surface area is 135 Å². The molecule has 1 unspecified atom stereocenters. The maximum absolute atomic E-state index is 13.4. The number of ketones is 1.